The first-order valence-corrected chi connectivity index (χ1v) is 7.53. The Kier molecular flexibility index (Phi) is 5.56. The maximum atomic E-state index is 8.59. The van der Waals surface area contributed by atoms with Crippen molar-refractivity contribution in [2.45, 2.75) is 38.6 Å². The fourth-order valence-corrected chi connectivity index (χ4v) is 3.34. The standard InChI is InChI=1S/C13H22N2O2S/c1-10(14-6-8-17-9-7-16)13-15-11-4-2-3-5-12(11)18-13/h10,14,16H,2-9H2,1H3. The Bertz CT molecular complexity index is 344. The smallest absolute Gasteiger partial charge is 0.110 e. The molecule has 1 atom stereocenters. The van der Waals surface area contributed by atoms with Gasteiger partial charge in [0.1, 0.15) is 5.01 Å². The fourth-order valence-electron chi connectivity index (χ4n) is 2.16. The number of thiazole rings is 1. The van der Waals surface area contributed by atoms with Crippen molar-refractivity contribution >= 4 is 11.3 Å². The summed E-state index contributed by atoms with van der Waals surface area (Å²) in [7, 11) is 0. The van der Waals surface area contributed by atoms with Crippen LogP contribution < -0.4 is 5.32 Å². The molecule has 1 aliphatic carbocycles. The molecule has 0 fully saturated rings. The molecule has 0 aliphatic heterocycles. The van der Waals surface area contributed by atoms with Gasteiger partial charge in [-0.3, -0.25) is 0 Å². The number of rotatable bonds is 7. The van der Waals surface area contributed by atoms with Gasteiger partial charge in [-0.15, -0.1) is 11.3 Å². The van der Waals surface area contributed by atoms with Crippen molar-refractivity contribution in [1.82, 2.24) is 10.3 Å². The molecule has 1 heterocycles. The lowest BCUT2D eigenvalue weighted by Gasteiger charge is -2.10. The number of aryl methyl sites for hydroxylation is 2. The summed E-state index contributed by atoms with van der Waals surface area (Å²) in [6, 6.07) is 0.290. The molecule has 1 aliphatic rings. The zero-order chi connectivity index (χ0) is 12.8. The van der Waals surface area contributed by atoms with Crippen molar-refractivity contribution in [3.05, 3.63) is 15.6 Å². The molecule has 102 valence electrons. The van der Waals surface area contributed by atoms with E-state index in [1.54, 1.807) is 0 Å². The number of nitrogens with zero attached hydrogens (tertiary/aromatic N) is 1. The van der Waals surface area contributed by atoms with Gasteiger partial charge in [0.2, 0.25) is 0 Å². The van der Waals surface area contributed by atoms with Crippen LogP contribution in [-0.4, -0.2) is 36.5 Å². The Balaban J connectivity index is 1.78. The number of hydrogen-bond acceptors (Lipinski definition) is 5. The summed E-state index contributed by atoms with van der Waals surface area (Å²) in [5, 5.41) is 13.2. The van der Waals surface area contributed by atoms with Crippen LogP contribution in [0.3, 0.4) is 0 Å². The summed E-state index contributed by atoms with van der Waals surface area (Å²) >= 11 is 1.86. The summed E-state index contributed by atoms with van der Waals surface area (Å²) in [5.41, 5.74) is 1.33. The Hall–Kier alpha value is -0.490. The van der Waals surface area contributed by atoms with E-state index in [-0.39, 0.29) is 6.61 Å². The molecular weight excluding hydrogens is 248 g/mol. The van der Waals surface area contributed by atoms with Gasteiger partial charge in [0.25, 0.3) is 0 Å². The summed E-state index contributed by atoms with van der Waals surface area (Å²) in [5.74, 6) is 0. The Morgan fingerprint density at radius 2 is 2.22 bits per heavy atom. The number of fused-ring (bicyclic) bond motifs is 1. The molecule has 1 unspecified atom stereocenters. The van der Waals surface area contributed by atoms with Gasteiger partial charge in [-0.1, -0.05) is 0 Å². The second-order valence-corrected chi connectivity index (χ2v) is 5.76. The summed E-state index contributed by atoms with van der Waals surface area (Å²) in [6.45, 7) is 4.09. The highest BCUT2D eigenvalue weighted by Crippen LogP contribution is 2.29. The molecule has 0 aromatic carbocycles. The first kappa shape index (κ1) is 13.9. The van der Waals surface area contributed by atoms with Gasteiger partial charge in [0.05, 0.1) is 31.6 Å². The van der Waals surface area contributed by atoms with E-state index in [9.17, 15) is 0 Å². The highest BCUT2D eigenvalue weighted by Gasteiger charge is 2.17. The van der Waals surface area contributed by atoms with Gasteiger partial charge < -0.3 is 15.2 Å². The number of aromatic nitrogens is 1. The lowest BCUT2D eigenvalue weighted by atomic mass is 10.0. The van der Waals surface area contributed by atoms with Crippen LogP contribution in [0.15, 0.2) is 0 Å². The van der Waals surface area contributed by atoms with E-state index >= 15 is 0 Å². The SMILES string of the molecule is CC(NCCOCCO)c1nc2c(s1)CCCC2. The van der Waals surface area contributed by atoms with E-state index in [1.165, 1.54) is 34.8 Å². The number of nitrogens with one attached hydrogen (secondary N) is 1. The van der Waals surface area contributed by atoms with Crippen LogP contribution in [0.5, 0.6) is 0 Å². The van der Waals surface area contributed by atoms with Crippen molar-refractivity contribution in [3.63, 3.8) is 0 Å². The van der Waals surface area contributed by atoms with E-state index in [4.69, 9.17) is 14.8 Å². The van der Waals surface area contributed by atoms with Crippen molar-refractivity contribution in [2.75, 3.05) is 26.4 Å². The number of aliphatic hydroxyl groups excluding tert-OH is 1. The third-order valence-electron chi connectivity index (χ3n) is 3.17. The van der Waals surface area contributed by atoms with Gasteiger partial charge in [-0.2, -0.15) is 0 Å². The summed E-state index contributed by atoms with van der Waals surface area (Å²) < 4.78 is 5.22. The number of hydrogen-bond donors (Lipinski definition) is 2. The topological polar surface area (TPSA) is 54.4 Å². The van der Waals surface area contributed by atoms with Gasteiger partial charge >= 0.3 is 0 Å². The van der Waals surface area contributed by atoms with Gasteiger partial charge in [0.15, 0.2) is 0 Å². The van der Waals surface area contributed by atoms with Gasteiger partial charge in [-0.05, 0) is 32.6 Å². The van der Waals surface area contributed by atoms with Crippen LogP contribution in [-0.2, 0) is 17.6 Å². The van der Waals surface area contributed by atoms with Gasteiger partial charge in [0, 0.05) is 11.4 Å². The van der Waals surface area contributed by atoms with Crippen molar-refractivity contribution in [1.29, 1.82) is 0 Å². The molecule has 4 nitrogen and oxygen atoms in total. The predicted octanol–water partition coefficient (Wildman–Crippen LogP) is 1.68. The second-order valence-electron chi connectivity index (χ2n) is 4.64. The lowest BCUT2D eigenvalue weighted by molar-refractivity contribution is 0.0928. The Morgan fingerprint density at radius 3 is 3.00 bits per heavy atom. The normalized spacial score (nSPS) is 16.6. The predicted molar refractivity (Wildman–Crippen MR) is 73.1 cm³/mol. The first-order chi connectivity index (χ1) is 8.81. The maximum Gasteiger partial charge on any atom is 0.110 e. The molecule has 1 aromatic heterocycles. The highest BCUT2D eigenvalue weighted by molar-refractivity contribution is 7.11. The van der Waals surface area contributed by atoms with E-state index in [0.29, 0.717) is 19.3 Å². The minimum absolute atomic E-state index is 0.0920. The third kappa shape index (κ3) is 3.75. The second kappa shape index (κ2) is 7.19. The first-order valence-electron chi connectivity index (χ1n) is 6.71. The van der Waals surface area contributed by atoms with Crippen molar-refractivity contribution in [2.24, 2.45) is 0 Å². The average Bonchev–Trinajstić information content (AvgIpc) is 2.82. The molecule has 1 aromatic rings. The minimum atomic E-state index is 0.0920. The molecule has 18 heavy (non-hydrogen) atoms. The Morgan fingerprint density at radius 1 is 1.39 bits per heavy atom. The minimum Gasteiger partial charge on any atom is -0.394 e. The fraction of sp³-hybridized carbons (Fsp3) is 0.769. The van der Waals surface area contributed by atoms with Crippen molar-refractivity contribution in [3.8, 4) is 0 Å². The summed E-state index contributed by atoms with van der Waals surface area (Å²) in [4.78, 5) is 6.23. The molecule has 0 spiro atoms. The van der Waals surface area contributed by atoms with E-state index < -0.39 is 0 Å². The largest absolute Gasteiger partial charge is 0.394 e. The summed E-state index contributed by atoms with van der Waals surface area (Å²) in [6.07, 6.45) is 4.95. The average molecular weight is 270 g/mol. The molecule has 2 rings (SSSR count). The number of aliphatic hydroxyl groups is 1. The highest BCUT2D eigenvalue weighted by atomic mass is 32.1. The molecule has 5 heteroatoms. The number of ether oxygens (including phenoxy) is 1. The molecular formula is C13H22N2O2S. The van der Waals surface area contributed by atoms with Gasteiger partial charge in [-0.25, -0.2) is 4.98 Å². The molecule has 0 bridgehead atoms. The Labute approximate surface area is 112 Å². The zero-order valence-electron chi connectivity index (χ0n) is 10.9. The van der Waals surface area contributed by atoms with E-state index in [0.717, 1.165) is 13.0 Å². The van der Waals surface area contributed by atoms with Crippen LogP contribution in [0.25, 0.3) is 0 Å². The molecule has 0 saturated heterocycles. The quantitative estimate of drug-likeness (QED) is 0.740. The maximum absolute atomic E-state index is 8.59. The van der Waals surface area contributed by atoms with E-state index in [1.807, 2.05) is 11.3 Å². The molecule has 2 N–H and O–H groups in total. The van der Waals surface area contributed by atoms with Crippen LogP contribution in [0.2, 0.25) is 0 Å². The molecule has 0 radical (unpaired) electrons. The molecule has 0 saturated carbocycles. The zero-order valence-corrected chi connectivity index (χ0v) is 11.8. The van der Waals surface area contributed by atoms with Crippen LogP contribution in [0.4, 0.5) is 0 Å². The third-order valence-corrected chi connectivity index (χ3v) is 4.51. The lowest BCUT2D eigenvalue weighted by Crippen LogP contribution is -2.23. The van der Waals surface area contributed by atoms with Crippen LogP contribution in [0, 0.1) is 0 Å². The van der Waals surface area contributed by atoms with E-state index in [2.05, 4.69) is 12.2 Å². The van der Waals surface area contributed by atoms with Crippen LogP contribution >= 0.6 is 11.3 Å². The van der Waals surface area contributed by atoms with Crippen LogP contribution in [0.1, 0.15) is 41.4 Å². The monoisotopic (exact) mass is 270 g/mol. The molecule has 0 amide bonds. The van der Waals surface area contributed by atoms with Crippen molar-refractivity contribution < 1.29 is 9.84 Å².